The molecule has 6 nitrogen and oxygen atoms in total. The van der Waals surface area contributed by atoms with E-state index >= 15 is 0 Å². The molecule has 0 spiro atoms. The van der Waals surface area contributed by atoms with E-state index in [0.29, 0.717) is 35.3 Å². The zero-order valence-corrected chi connectivity index (χ0v) is 18.0. The van der Waals surface area contributed by atoms with E-state index in [-0.39, 0.29) is 11.4 Å². The molecule has 0 unspecified atom stereocenters. The molecular weight excluding hydrogens is 477 g/mol. The first-order chi connectivity index (χ1) is 14.7. The first-order valence-electron chi connectivity index (χ1n) is 9.40. The van der Waals surface area contributed by atoms with Gasteiger partial charge in [0.2, 0.25) is 5.91 Å². The molecule has 1 saturated carbocycles. The topological polar surface area (TPSA) is 83.0 Å². The highest BCUT2D eigenvalue weighted by atomic mass is 79.9. The third kappa shape index (κ3) is 3.91. The summed E-state index contributed by atoms with van der Waals surface area (Å²) in [6.07, 6.45) is -3.23. The Morgan fingerprint density at radius 3 is 2.55 bits per heavy atom. The molecule has 3 aromatic rings. The molecule has 31 heavy (non-hydrogen) atoms. The van der Waals surface area contributed by atoms with Gasteiger partial charge in [-0.15, -0.1) is 10.2 Å². The quantitative estimate of drug-likeness (QED) is 0.509. The summed E-state index contributed by atoms with van der Waals surface area (Å²) >= 11 is 3.38. The average Bonchev–Trinajstić information content (AvgIpc) is 3.40. The van der Waals surface area contributed by atoms with Gasteiger partial charge in [-0.2, -0.15) is 13.2 Å². The number of nitrogens with zero attached hydrogens (tertiary/aromatic N) is 3. The first-order valence-corrected chi connectivity index (χ1v) is 10.5. The van der Waals surface area contributed by atoms with Crippen molar-refractivity contribution in [2.75, 3.05) is 0 Å². The van der Waals surface area contributed by atoms with E-state index in [4.69, 9.17) is 10.5 Å². The van der Waals surface area contributed by atoms with Crippen molar-refractivity contribution < 1.29 is 22.7 Å². The number of aromatic nitrogens is 3. The Hall–Kier alpha value is -2.88. The van der Waals surface area contributed by atoms with Gasteiger partial charge in [-0.1, -0.05) is 34.1 Å². The second kappa shape index (κ2) is 7.67. The van der Waals surface area contributed by atoms with Gasteiger partial charge < -0.3 is 15.0 Å². The number of amides is 1. The Kier molecular flexibility index (Phi) is 5.28. The van der Waals surface area contributed by atoms with E-state index in [1.165, 1.54) is 18.2 Å². The van der Waals surface area contributed by atoms with Crippen LogP contribution in [0.25, 0.3) is 11.4 Å². The second-order valence-electron chi connectivity index (χ2n) is 7.37. The maximum absolute atomic E-state index is 13.5. The third-order valence-electron chi connectivity index (χ3n) is 5.25. The van der Waals surface area contributed by atoms with Crippen molar-refractivity contribution in [3.8, 4) is 17.1 Å². The van der Waals surface area contributed by atoms with Crippen LogP contribution < -0.4 is 10.5 Å². The summed E-state index contributed by atoms with van der Waals surface area (Å²) in [7, 11) is 1.63. The van der Waals surface area contributed by atoms with Crippen LogP contribution >= 0.6 is 15.9 Å². The van der Waals surface area contributed by atoms with E-state index in [1.54, 1.807) is 29.8 Å². The maximum atomic E-state index is 13.5. The zero-order chi connectivity index (χ0) is 22.4. The highest BCUT2D eigenvalue weighted by Crippen LogP contribution is 2.50. The summed E-state index contributed by atoms with van der Waals surface area (Å²) in [5.41, 5.74) is 4.82. The van der Waals surface area contributed by atoms with Gasteiger partial charge in [-0.3, -0.25) is 4.79 Å². The molecule has 2 N–H and O–H groups in total. The normalized spacial score (nSPS) is 15.0. The van der Waals surface area contributed by atoms with Crippen LogP contribution in [0.5, 0.6) is 5.75 Å². The number of hydrogen-bond acceptors (Lipinski definition) is 4. The van der Waals surface area contributed by atoms with Gasteiger partial charge in [0, 0.05) is 29.1 Å². The fraction of sp³-hybridized carbons (Fsp3) is 0.286. The minimum Gasteiger partial charge on any atom is -0.479 e. The average molecular weight is 495 g/mol. The molecule has 1 fully saturated rings. The number of rotatable bonds is 6. The van der Waals surface area contributed by atoms with Crippen LogP contribution in [0.1, 0.15) is 40.2 Å². The van der Waals surface area contributed by atoms with Gasteiger partial charge in [-0.25, -0.2) is 0 Å². The standard InChI is InChI=1S/C21H18BrF3N4O2/c1-29-18(14-4-2-3-5-15(14)21(23,24)25)27-28-19(29)20(8-9-20)31-16-7-6-12(17(26)30)10-13(16)11-22/h2-7,10H,8-9,11H2,1H3,(H2,26,30). The Morgan fingerprint density at radius 1 is 1.23 bits per heavy atom. The molecule has 1 aromatic heterocycles. The Balaban J connectivity index is 1.70. The molecule has 162 valence electrons. The third-order valence-corrected chi connectivity index (χ3v) is 5.86. The van der Waals surface area contributed by atoms with Crippen LogP contribution in [-0.4, -0.2) is 20.7 Å². The molecular formula is C21H18BrF3N4O2. The summed E-state index contributed by atoms with van der Waals surface area (Å²) in [5, 5.41) is 8.67. The zero-order valence-electron chi connectivity index (χ0n) is 16.4. The van der Waals surface area contributed by atoms with E-state index in [9.17, 15) is 18.0 Å². The van der Waals surface area contributed by atoms with Gasteiger partial charge in [0.05, 0.1) is 5.56 Å². The summed E-state index contributed by atoms with van der Waals surface area (Å²) < 4.78 is 48.2. The number of alkyl halides is 4. The molecule has 0 bridgehead atoms. The van der Waals surface area contributed by atoms with E-state index in [0.717, 1.165) is 11.6 Å². The molecule has 0 aliphatic heterocycles. The van der Waals surface area contributed by atoms with Gasteiger partial charge >= 0.3 is 6.18 Å². The number of carbonyl (C=O) groups excluding carboxylic acids is 1. The van der Waals surface area contributed by atoms with Crippen LogP contribution in [0, 0.1) is 0 Å². The van der Waals surface area contributed by atoms with Crippen molar-refractivity contribution in [3.05, 3.63) is 65.0 Å². The number of benzene rings is 2. The molecule has 0 saturated heterocycles. The lowest BCUT2D eigenvalue weighted by Gasteiger charge is -2.20. The Labute approximate surface area is 184 Å². The molecule has 0 atom stereocenters. The SMILES string of the molecule is Cn1c(-c2ccccc2C(F)(F)F)nnc1C1(Oc2ccc(C(N)=O)cc2CBr)CC1. The Morgan fingerprint density at radius 2 is 1.94 bits per heavy atom. The monoisotopic (exact) mass is 494 g/mol. The minimum atomic E-state index is -4.51. The van der Waals surface area contributed by atoms with Crippen molar-refractivity contribution in [3.63, 3.8) is 0 Å². The molecule has 10 heteroatoms. The molecule has 1 amide bonds. The van der Waals surface area contributed by atoms with Crippen LogP contribution in [0.4, 0.5) is 13.2 Å². The molecule has 1 aliphatic carbocycles. The van der Waals surface area contributed by atoms with Crippen molar-refractivity contribution in [1.82, 2.24) is 14.8 Å². The van der Waals surface area contributed by atoms with Crippen LogP contribution in [0.3, 0.4) is 0 Å². The van der Waals surface area contributed by atoms with Crippen molar-refractivity contribution in [2.24, 2.45) is 12.8 Å². The van der Waals surface area contributed by atoms with E-state index < -0.39 is 23.2 Å². The van der Waals surface area contributed by atoms with Gasteiger partial charge in [0.15, 0.2) is 17.2 Å². The molecule has 4 rings (SSSR count). The number of hydrogen-bond donors (Lipinski definition) is 1. The number of halogens is 4. The summed E-state index contributed by atoms with van der Waals surface area (Å²) in [6, 6.07) is 10.1. The smallest absolute Gasteiger partial charge is 0.417 e. The number of ether oxygens (including phenoxy) is 1. The number of carbonyl (C=O) groups is 1. The number of nitrogens with two attached hydrogens (primary N) is 1. The molecule has 1 heterocycles. The van der Waals surface area contributed by atoms with Gasteiger partial charge in [0.25, 0.3) is 0 Å². The van der Waals surface area contributed by atoms with Gasteiger partial charge in [0.1, 0.15) is 5.75 Å². The predicted molar refractivity (Wildman–Crippen MR) is 111 cm³/mol. The lowest BCUT2D eigenvalue weighted by molar-refractivity contribution is -0.137. The van der Waals surface area contributed by atoms with Crippen molar-refractivity contribution in [1.29, 1.82) is 0 Å². The Bertz CT molecular complexity index is 1160. The second-order valence-corrected chi connectivity index (χ2v) is 7.93. The highest BCUT2D eigenvalue weighted by molar-refractivity contribution is 9.08. The van der Waals surface area contributed by atoms with Gasteiger partial charge in [-0.05, 0) is 37.1 Å². The van der Waals surface area contributed by atoms with Crippen molar-refractivity contribution in [2.45, 2.75) is 29.9 Å². The summed E-state index contributed by atoms with van der Waals surface area (Å²) in [6.45, 7) is 0. The largest absolute Gasteiger partial charge is 0.479 e. The van der Waals surface area contributed by atoms with Crippen LogP contribution in [-0.2, 0) is 24.2 Å². The molecule has 1 aliphatic rings. The maximum Gasteiger partial charge on any atom is 0.417 e. The lowest BCUT2D eigenvalue weighted by Crippen LogP contribution is -2.22. The van der Waals surface area contributed by atoms with E-state index in [1.807, 2.05) is 0 Å². The number of primary amides is 1. The molecule has 2 aromatic carbocycles. The van der Waals surface area contributed by atoms with E-state index in [2.05, 4.69) is 26.1 Å². The fourth-order valence-electron chi connectivity index (χ4n) is 3.52. The van der Waals surface area contributed by atoms with Crippen LogP contribution in [0.2, 0.25) is 0 Å². The highest BCUT2D eigenvalue weighted by Gasteiger charge is 2.52. The van der Waals surface area contributed by atoms with Crippen molar-refractivity contribution >= 4 is 21.8 Å². The van der Waals surface area contributed by atoms with Crippen LogP contribution in [0.15, 0.2) is 42.5 Å². The molecule has 0 radical (unpaired) electrons. The first kappa shape index (κ1) is 21.4. The summed E-state index contributed by atoms with van der Waals surface area (Å²) in [4.78, 5) is 11.4. The fourth-order valence-corrected chi connectivity index (χ4v) is 3.96. The lowest BCUT2D eigenvalue weighted by atomic mass is 10.1. The minimum absolute atomic E-state index is 0.0426. The summed E-state index contributed by atoms with van der Waals surface area (Å²) in [5.74, 6) is 0.553. The predicted octanol–water partition coefficient (Wildman–Crippen LogP) is 4.56.